The molecule has 6 heteroatoms. The van der Waals surface area contributed by atoms with Crippen molar-refractivity contribution < 1.29 is 9.69 Å². The normalized spacial score (nSPS) is 11.2. The molecular formula is C19H21ClN3OS+. The molecule has 0 unspecified atom stereocenters. The topological polar surface area (TPSA) is 37.6 Å². The van der Waals surface area contributed by atoms with E-state index in [0.717, 1.165) is 28.3 Å². The van der Waals surface area contributed by atoms with E-state index in [0.29, 0.717) is 17.1 Å². The number of fused-ring (bicyclic) bond motifs is 1. The molecule has 2 aromatic carbocycles. The molecule has 0 aliphatic carbocycles. The third-order valence-corrected chi connectivity index (χ3v) is 5.22. The number of nitrogens with one attached hydrogen (secondary N) is 1. The highest BCUT2D eigenvalue weighted by atomic mass is 35.5. The van der Waals surface area contributed by atoms with Crippen molar-refractivity contribution >= 4 is 44.2 Å². The average Bonchev–Trinajstić information content (AvgIpc) is 3.02. The molecule has 0 bridgehead atoms. The number of amides is 1. The molecule has 0 radical (unpaired) electrons. The smallest absolute Gasteiger partial charge is 0.260 e. The highest BCUT2D eigenvalue weighted by molar-refractivity contribution is 7.22. The van der Waals surface area contributed by atoms with Gasteiger partial charge < -0.3 is 4.90 Å². The molecule has 0 fully saturated rings. The fourth-order valence-electron chi connectivity index (χ4n) is 2.60. The van der Waals surface area contributed by atoms with Crippen molar-refractivity contribution in [2.24, 2.45) is 0 Å². The van der Waals surface area contributed by atoms with Crippen LogP contribution in [-0.4, -0.2) is 38.1 Å². The maximum absolute atomic E-state index is 13.1. The second-order valence-electron chi connectivity index (χ2n) is 6.24. The quantitative estimate of drug-likeness (QED) is 0.719. The van der Waals surface area contributed by atoms with Crippen LogP contribution in [0.2, 0.25) is 5.02 Å². The predicted molar refractivity (Wildman–Crippen MR) is 105 cm³/mol. The number of hydrogen-bond acceptors (Lipinski definition) is 3. The van der Waals surface area contributed by atoms with Gasteiger partial charge in [-0.15, -0.1) is 0 Å². The SMILES string of the molecule is C[NH+](C)CCCN(C(=O)c1ccc(Cl)cc1)c1nc2ccccc2s1. The molecule has 0 aliphatic rings. The number of quaternary nitrogens is 1. The molecule has 0 atom stereocenters. The van der Waals surface area contributed by atoms with Crippen LogP contribution in [0.4, 0.5) is 5.13 Å². The van der Waals surface area contributed by atoms with Crippen molar-refractivity contribution in [3.63, 3.8) is 0 Å². The van der Waals surface area contributed by atoms with E-state index < -0.39 is 0 Å². The molecule has 3 aromatic rings. The summed E-state index contributed by atoms with van der Waals surface area (Å²) in [5.41, 5.74) is 1.55. The second-order valence-corrected chi connectivity index (χ2v) is 7.68. The van der Waals surface area contributed by atoms with Gasteiger partial charge in [-0.05, 0) is 36.4 Å². The zero-order valence-electron chi connectivity index (χ0n) is 14.3. The molecule has 1 aromatic heterocycles. The van der Waals surface area contributed by atoms with Gasteiger partial charge in [-0.2, -0.15) is 0 Å². The zero-order valence-corrected chi connectivity index (χ0v) is 15.9. The molecule has 3 rings (SSSR count). The van der Waals surface area contributed by atoms with Crippen LogP contribution >= 0.6 is 22.9 Å². The van der Waals surface area contributed by atoms with Crippen LogP contribution in [0, 0.1) is 0 Å². The Morgan fingerprint density at radius 1 is 1.16 bits per heavy atom. The highest BCUT2D eigenvalue weighted by Gasteiger charge is 2.21. The molecule has 0 saturated heterocycles. The van der Waals surface area contributed by atoms with E-state index in [1.54, 1.807) is 40.5 Å². The molecule has 25 heavy (non-hydrogen) atoms. The average molecular weight is 375 g/mol. The lowest BCUT2D eigenvalue weighted by molar-refractivity contribution is -0.858. The van der Waals surface area contributed by atoms with Gasteiger partial charge in [0.05, 0.1) is 30.9 Å². The third-order valence-electron chi connectivity index (χ3n) is 3.91. The summed E-state index contributed by atoms with van der Waals surface area (Å²) in [4.78, 5) is 20.9. The number of carbonyl (C=O) groups excluding carboxylic acids is 1. The Hall–Kier alpha value is -1.95. The summed E-state index contributed by atoms with van der Waals surface area (Å²) in [6.07, 6.45) is 0.914. The third kappa shape index (κ3) is 4.37. The number of carbonyl (C=O) groups is 1. The van der Waals surface area contributed by atoms with E-state index in [1.807, 2.05) is 24.3 Å². The summed E-state index contributed by atoms with van der Waals surface area (Å²) in [5.74, 6) is -0.0375. The first-order chi connectivity index (χ1) is 12.0. The fraction of sp³-hybridized carbons (Fsp3) is 0.263. The summed E-state index contributed by atoms with van der Waals surface area (Å²) in [5, 5.41) is 1.37. The number of rotatable bonds is 6. The Morgan fingerprint density at radius 2 is 1.88 bits per heavy atom. The minimum absolute atomic E-state index is 0.0375. The number of para-hydroxylation sites is 1. The van der Waals surface area contributed by atoms with Gasteiger partial charge in [-0.3, -0.25) is 9.69 Å². The number of thiazole rings is 1. The molecule has 0 saturated carbocycles. The van der Waals surface area contributed by atoms with E-state index in [4.69, 9.17) is 11.6 Å². The highest BCUT2D eigenvalue weighted by Crippen LogP contribution is 2.29. The van der Waals surface area contributed by atoms with E-state index in [2.05, 4.69) is 19.1 Å². The lowest BCUT2D eigenvalue weighted by atomic mass is 10.2. The lowest BCUT2D eigenvalue weighted by Gasteiger charge is -2.20. The summed E-state index contributed by atoms with van der Waals surface area (Å²) in [6, 6.07) is 15.0. The predicted octanol–water partition coefficient (Wildman–Crippen LogP) is 3.13. The summed E-state index contributed by atoms with van der Waals surface area (Å²) >= 11 is 7.50. The number of benzene rings is 2. The van der Waals surface area contributed by atoms with Crippen LogP contribution in [0.1, 0.15) is 16.8 Å². The van der Waals surface area contributed by atoms with Crippen LogP contribution in [0.15, 0.2) is 48.5 Å². The number of hydrogen-bond donors (Lipinski definition) is 1. The van der Waals surface area contributed by atoms with E-state index in [-0.39, 0.29) is 5.91 Å². The van der Waals surface area contributed by atoms with Gasteiger partial charge in [0.15, 0.2) is 5.13 Å². The largest absolute Gasteiger partial charge is 0.340 e. The Kier molecular flexibility index (Phi) is 5.68. The monoisotopic (exact) mass is 374 g/mol. The van der Waals surface area contributed by atoms with Crippen molar-refractivity contribution in [3.8, 4) is 0 Å². The molecule has 1 heterocycles. The van der Waals surface area contributed by atoms with Gasteiger partial charge in [0.25, 0.3) is 5.91 Å². The zero-order chi connectivity index (χ0) is 17.8. The van der Waals surface area contributed by atoms with E-state index in [1.165, 1.54) is 4.90 Å². The number of halogens is 1. The van der Waals surface area contributed by atoms with Crippen molar-refractivity contribution in [3.05, 3.63) is 59.1 Å². The maximum Gasteiger partial charge on any atom is 0.260 e. The van der Waals surface area contributed by atoms with Gasteiger partial charge >= 0.3 is 0 Å². The Balaban J connectivity index is 1.90. The number of nitrogens with zero attached hydrogens (tertiary/aromatic N) is 2. The summed E-state index contributed by atoms with van der Waals surface area (Å²) in [6.45, 7) is 1.64. The number of anilines is 1. The van der Waals surface area contributed by atoms with Crippen LogP contribution < -0.4 is 9.80 Å². The first-order valence-electron chi connectivity index (χ1n) is 8.26. The minimum Gasteiger partial charge on any atom is -0.340 e. The molecule has 1 amide bonds. The van der Waals surface area contributed by atoms with Crippen molar-refractivity contribution in [1.29, 1.82) is 0 Å². The molecule has 0 aliphatic heterocycles. The Bertz CT molecular complexity index is 827. The second kappa shape index (κ2) is 7.95. The molecule has 0 spiro atoms. The van der Waals surface area contributed by atoms with Gasteiger partial charge in [0, 0.05) is 23.6 Å². The molecule has 130 valence electrons. The standard InChI is InChI=1S/C19H20ClN3OS/c1-22(2)12-5-13-23(18(24)14-8-10-15(20)11-9-14)19-21-16-6-3-4-7-17(16)25-19/h3-4,6-11H,5,12-13H2,1-2H3/p+1. The van der Waals surface area contributed by atoms with Crippen molar-refractivity contribution in [1.82, 2.24) is 4.98 Å². The first-order valence-corrected chi connectivity index (χ1v) is 9.46. The lowest BCUT2D eigenvalue weighted by Crippen LogP contribution is -3.05. The Labute approximate surface area is 156 Å². The van der Waals surface area contributed by atoms with Gasteiger partial charge in [0.2, 0.25) is 0 Å². The van der Waals surface area contributed by atoms with Gasteiger partial charge in [-0.1, -0.05) is 35.1 Å². The van der Waals surface area contributed by atoms with Crippen molar-refractivity contribution in [2.45, 2.75) is 6.42 Å². The van der Waals surface area contributed by atoms with Gasteiger partial charge in [-0.25, -0.2) is 4.98 Å². The fourth-order valence-corrected chi connectivity index (χ4v) is 3.71. The van der Waals surface area contributed by atoms with Crippen LogP contribution in [0.3, 0.4) is 0 Å². The van der Waals surface area contributed by atoms with Crippen LogP contribution in [0.25, 0.3) is 10.2 Å². The van der Waals surface area contributed by atoms with Crippen molar-refractivity contribution in [2.75, 3.05) is 32.1 Å². The molecular weight excluding hydrogens is 354 g/mol. The molecule has 4 nitrogen and oxygen atoms in total. The van der Waals surface area contributed by atoms with E-state index in [9.17, 15) is 4.79 Å². The van der Waals surface area contributed by atoms with Crippen LogP contribution in [0.5, 0.6) is 0 Å². The maximum atomic E-state index is 13.1. The van der Waals surface area contributed by atoms with Crippen LogP contribution in [-0.2, 0) is 0 Å². The molecule has 1 N–H and O–H groups in total. The number of aromatic nitrogens is 1. The first kappa shape index (κ1) is 17.9. The Morgan fingerprint density at radius 3 is 2.56 bits per heavy atom. The minimum atomic E-state index is -0.0375. The summed E-state index contributed by atoms with van der Waals surface area (Å²) < 4.78 is 1.09. The van der Waals surface area contributed by atoms with E-state index >= 15 is 0 Å². The summed E-state index contributed by atoms with van der Waals surface area (Å²) in [7, 11) is 4.23. The van der Waals surface area contributed by atoms with Gasteiger partial charge in [0.1, 0.15) is 0 Å².